The van der Waals surface area contributed by atoms with Crippen molar-refractivity contribution in [1.29, 1.82) is 0 Å². The van der Waals surface area contributed by atoms with Crippen LogP contribution in [-0.2, 0) is 9.53 Å². The van der Waals surface area contributed by atoms with Crippen LogP contribution in [0.5, 0.6) is 11.8 Å². The smallest absolute Gasteiger partial charge is 0.253 e. The average molecular weight is 296 g/mol. The first-order valence-electron chi connectivity index (χ1n) is 6.60. The van der Waals surface area contributed by atoms with Gasteiger partial charge in [0.1, 0.15) is 0 Å². The lowest BCUT2D eigenvalue weighted by molar-refractivity contribution is -0.141. The fourth-order valence-corrected chi connectivity index (χ4v) is 2.01. The molecule has 8 nitrogen and oxygen atoms in total. The van der Waals surface area contributed by atoms with Gasteiger partial charge in [0.25, 0.3) is 5.91 Å². The van der Waals surface area contributed by atoms with Crippen molar-refractivity contribution in [3.05, 3.63) is 6.07 Å². The van der Waals surface area contributed by atoms with E-state index in [1.54, 1.807) is 20.2 Å². The van der Waals surface area contributed by atoms with Crippen molar-refractivity contribution >= 4 is 11.9 Å². The molecule has 0 spiro atoms. The van der Waals surface area contributed by atoms with Crippen LogP contribution in [0.15, 0.2) is 6.07 Å². The summed E-state index contributed by atoms with van der Waals surface area (Å²) in [4.78, 5) is 24.0. The molecule has 1 fully saturated rings. The number of amides is 1. The van der Waals surface area contributed by atoms with E-state index in [0.717, 1.165) is 0 Å². The highest BCUT2D eigenvalue weighted by molar-refractivity contribution is 5.81. The van der Waals surface area contributed by atoms with Gasteiger partial charge in [-0.3, -0.25) is 4.79 Å². The van der Waals surface area contributed by atoms with Crippen molar-refractivity contribution in [3.63, 3.8) is 0 Å². The Balaban J connectivity index is 2.19. The van der Waals surface area contributed by atoms with E-state index in [1.165, 1.54) is 19.1 Å². The number of anilines is 1. The first-order chi connectivity index (χ1) is 10.0. The van der Waals surface area contributed by atoms with E-state index in [1.807, 2.05) is 4.90 Å². The van der Waals surface area contributed by atoms with Crippen LogP contribution in [0.25, 0.3) is 0 Å². The Morgan fingerprint density at radius 1 is 1.33 bits per heavy atom. The molecule has 0 radical (unpaired) electrons. The molecule has 8 heteroatoms. The molecule has 1 saturated heterocycles. The van der Waals surface area contributed by atoms with Crippen molar-refractivity contribution in [1.82, 2.24) is 14.9 Å². The first-order valence-corrected chi connectivity index (χ1v) is 6.60. The SMILES string of the molecule is COc1cc(OC)nc(N2CCO[C@H](C(=O)N(C)C)C2)n1. The molecule has 1 aromatic heterocycles. The maximum atomic E-state index is 12.0. The van der Waals surface area contributed by atoms with Crippen LogP contribution in [0.3, 0.4) is 0 Å². The number of methoxy groups -OCH3 is 2. The standard InChI is InChI=1S/C13H20N4O4/c1-16(2)12(18)9-8-17(5-6-21-9)13-14-10(19-3)7-11(15-13)20-4/h7,9H,5-6,8H2,1-4H3/t9-/m0/s1. The predicted molar refractivity (Wildman–Crippen MR) is 75.8 cm³/mol. The Hall–Kier alpha value is -2.09. The Morgan fingerprint density at radius 2 is 1.95 bits per heavy atom. The van der Waals surface area contributed by atoms with Gasteiger partial charge >= 0.3 is 0 Å². The van der Waals surface area contributed by atoms with Crippen molar-refractivity contribution < 1.29 is 19.0 Å². The van der Waals surface area contributed by atoms with Crippen LogP contribution in [-0.4, -0.2) is 74.9 Å². The van der Waals surface area contributed by atoms with Crippen molar-refractivity contribution in [2.24, 2.45) is 0 Å². The molecular weight excluding hydrogens is 276 g/mol. The molecular formula is C13H20N4O4. The van der Waals surface area contributed by atoms with Gasteiger partial charge in [0.15, 0.2) is 6.10 Å². The van der Waals surface area contributed by atoms with Gasteiger partial charge in [-0.2, -0.15) is 9.97 Å². The van der Waals surface area contributed by atoms with Crippen LogP contribution in [0.1, 0.15) is 0 Å². The second-order valence-corrected chi connectivity index (χ2v) is 4.79. The zero-order valence-corrected chi connectivity index (χ0v) is 12.7. The summed E-state index contributed by atoms with van der Waals surface area (Å²) < 4.78 is 15.8. The van der Waals surface area contributed by atoms with Crippen LogP contribution in [0.2, 0.25) is 0 Å². The Labute approximate surface area is 123 Å². The number of morpholine rings is 1. The van der Waals surface area contributed by atoms with E-state index in [2.05, 4.69) is 9.97 Å². The molecule has 1 aliphatic heterocycles. The van der Waals surface area contributed by atoms with Gasteiger partial charge in [0.05, 0.1) is 33.4 Å². The van der Waals surface area contributed by atoms with Crippen molar-refractivity contribution in [2.75, 3.05) is 52.9 Å². The van der Waals surface area contributed by atoms with E-state index < -0.39 is 6.10 Å². The van der Waals surface area contributed by atoms with Gasteiger partial charge in [-0.15, -0.1) is 0 Å². The minimum Gasteiger partial charge on any atom is -0.481 e. The minimum atomic E-state index is -0.519. The number of nitrogens with zero attached hydrogens (tertiary/aromatic N) is 4. The third-order valence-electron chi connectivity index (χ3n) is 3.15. The van der Waals surface area contributed by atoms with Crippen molar-refractivity contribution in [3.8, 4) is 11.8 Å². The summed E-state index contributed by atoms with van der Waals surface area (Å²) in [5, 5.41) is 0. The van der Waals surface area contributed by atoms with Gasteiger partial charge in [0, 0.05) is 20.6 Å². The molecule has 0 N–H and O–H groups in total. The van der Waals surface area contributed by atoms with Gasteiger partial charge in [-0.25, -0.2) is 0 Å². The monoisotopic (exact) mass is 296 g/mol. The van der Waals surface area contributed by atoms with E-state index >= 15 is 0 Å². The topological polar surface area (TPSA) is 77.0 Å². The maximum Gasteiger partial charge on any atom is 0.253 e. The third kappa shape index (κ3) is 3.52. The quantitative estimate of drug-likeness (QED) is 0.760. The van der Waals surface area contributed by atoms with E-state index in [9.17, 15) is 4.79 Å². The van der Waals surface area contributed by atoms with E-state index in [-0.39, 0.29) is 5.91 Å². The number of hydrogen-bond donors (Lipinski definition) is 0. The van der Waals surface area contributed by atoms with Crippen LogP contribution >= 0.6 is 0 Å². The van der Waals surface area contributed by atoms with Crippen LogP contribution in [0, 0.1) is 0 Å². The molecule has 1 aromatic rings. The molecule has 1 aliphatic rings. The zero-order valence-electron chi connectivity index (χ0n) is 12.7. The largest absolute Gasteiger partial charge is 0.481 e. The molecule has 2 rings (SSSR count). The second kappa shape index (κ2) is 6.57. The van der Waals surface area contributed by atoms with Gasteiger partial charge < -0.3 is 24.0 Å². The van der Waals surface area contributed by atoms with Gasteiger partial charge in [0.2, 0.25) is 17.7 Å². The molecule has 0 saturated carbocycles. The summed E-state index contributed by atoms with van der Waals surface area (Å²) in [7, 11) is 6.47. The molecule has 1 amide bonds. The first kappa shape index (κ1) is 15.3. The molecule has 0 bridgehead atoms. The lowest BCUT2D eigenvalue weighted by Crippen LogP contribution is -2.50. The number of hydrogen-bond acceptors (Lipinski definition) is 7. The van der Waals surface area contributed by atoms with E-state index in [4.69, 9.17) is 14.2 Å². The molecule has 21 heavy (non-hydrogen) atoms. The Morgan fingerprint density at radius 3 is 2.48 bits per heavy atom. The predicted octanol–water partition coefficient (Wildman–Crippen LogP) is -0.213. The molecule has 116 valence electrons. The van der Waals surface area contributed by atoms with Crippen molar-refractivity contribution in [2.45, 2.75) is 6.10 Å². The fraction of sp³-hybridized carbons (Fsp3) is 0.615. The minimum absolute atomic E-state index is 0.0745. The van der Waals surface area contributed by atoms with E-state index in [0.29, 0.717) is 37.4 Å². The highest BCUT2D eigenvalue weighted by Gasteiger charge is 2.29. The van der Waals surface area contributed by atoms with Crippen LogP contribution in [0.4, 0.5) is 5.95 Å². The number of likely N-dealkylation sites (N-methyl/N-ethyl adjacent to an activating group) is 1. The summed E-state index contributed by atoms with van der Waals surface area (Å²) in [6.45, 7) is 1.44. The molecule has 0 aromatic carbocycles. The Bertz CT molecular complexity index is 487. The number of rotatable bonds is 4. The summed E-state index contributed by atoms with van der Waals surface area (Å²) >= 11 is 0. The second-order valence-electron chi connectivity index (χ2n) is 4.79. The molecule has 1 atom stereocenters. The maximum absolute atomic E-state index is 12.0. The number of ether oxygens (including phenoxy) is 3. The fourth-order valence-electron chi connectivity index (χ4n) is 2.01. The Kier molecular flexibility index (Phi) is 4.79. The summed E-state index contributed by atoms with van der Waals surface area (Å²) in [5.74, 6) is 1.22. The van der Waals surface area contributed by atoms with Gasteiger partial charge in [-0.1, -0.05) is 0 Å². The third-order valence-corrected chi connectivity index (χ3v) is 3.15. The highest BCUT2D eigenvalue weighted by Crippen LogP contribution is 2.21. The number of aromatic nitrogens is 2. The summed E-state index contributed by atoms with van der Waals surface area (Å²) in [6.07, 6.45) is -0.519. The lowest BCUT2D eigenvalue weighted by atomic mass is 10.2. The van der Waals surface area contributed by atoms with Crippen LogP contribution < -0.4 is 14.4 Å². The molecule has 0 unspecified atom stereocenters. The zero-order chi connectivity index (χ0) is 15.4. The molecule has 0 aliphatic carbocycles. The lowest BCUT2D eigenvalue weighted by Gasteiger charge is -2.33. The molecule has 2 heterocycles. The summed E-state index contributed by atoms with van der Waals surface area (Å²) in [5.41, 5.74) is 0. The average Bonchev–Trinajstić information content (AvgIpc) is 2.53. The van der Waals surface area contributed by atoms with Gasteiger partial charge in [-0.05, 0) is 0 Å². The summed E-state index contributed by atoms with van der Waals surface area (Å²) in [6, 6.07) is 1.60. The normalized spacial score (nSPS) is 18.3. The number of carbonyl (C=O) groups is 1. The number of carbonyl (C=O) groups excluding carboxylic acids is 1. The highest BCUT2D eigenvalue weighted by atomic mass is 16.5.